The van der Waals surface area contributed by atoms with Gasteiger partial charge in [0.05, 0.1) is 0 Å². The maximum Gasteiger partial charge on any atom is 0.263 e. The van der Waals surface area contributed by atoms with E-state index in [0.29, 0.717) is 12.0 Å². The van der Waals surface area contributed by atoms with Crippen molar-refractivity contribution in [3.05, 3.63) is 29.8 Å². The number of hydrogen-bond acceptors (Lipinski definition) is 3. The number of rotatable bonds is 6. The van der Waals surface area contributed by atoms with E-state index in [1.165, 1.54) is 5.56 Å². The highest BCUT2D eigenvalue weighted by molar-refractivity contribution is 5.85. The number of likely N-dealkylation sites (tertiary alicyclic amines) is 1. The van der Waals surface area contributed by atoms with Gasteiger partial charge in [-0.1, -0.05) is 26.0 Å². The van der Waals surface area contributed by atoms with Gasteiger partial charge in [0, 0.05) is 19.1 Å². The Hall–Kier alpha value is -1.26. The van der Waals surface area contributed by atoms with Crippen LogP contribution in [-0.4, -0.2) is 43.1 Å². The van der Waals surface area contributed by atoms with Crippen LogP contribution in [0.3, 0.4) is 0 Å². The van der Waals surface area contributed by atoms with Crippen LogP contribution in [0.5, 0.6) is 5.75 Å². The molecule has 2 unspecified atom stereocenters. The van der Waals surface area contributed by atoms with Crippen LogP contribution in [-0.2, 0) is 4.79 Å². The number of carbonyl (C=O) groups is 1. The predicted octanol–water partition coefficient (Wildman–Crippen LogP) is 3.21. The lowest BCUT2D eigenvalue weighted by molar-refractivity contribution is -0.138. The standard InChI is InChI=1S/C18H28N2O2.ClH/c1-13(2)15-7-5-9-17(11-15)22-14(3)18(21)20-10-6-8-16(20)12-19-4;/h5,7,9,11,13-14,16,19H,6,8,10,12H2,1-4H3;1H. The number of benzene rings is 1. The Kier molecular flexibility index (Phi) is 7.86. The summed E-state index contributed by atoms with van der Waals surface area (Å²) in [7, 11) is 1.93. The van der Waals surface area contributed by atoms with E-state index in [-0.39, 0.29) is 18.3 Å². The van der Waals surface area contributed by atoms with Gasteiger partial charge in [0.15, 0.2) is 6.10 Å². The number of halogens is 1. The molecule has 1 fully saturated rings. The zero-order chi connectivity index (χ0) is 16.1. The fourth-order valence-corrected chi connectivity index (χ4v) is 3.01. The number of likely N-dealkylation sites (N-methyl/N-ethyl adjacent to an activating group) is 1. The largest absolute Gasteiger partial charge is 0.481 e. The van der Waals surface area contributed by atoms with Gasteiger partial charge in [-0.2, -0.15) is 0 Å². The highest BCUT2D eigenvalue weighted by Crippen LogP contribution is 2.23. The highest BCUT2D eigenvalue weighted by atomic mass is 35.5. The van der Waals surface area contributed by atoms with Crippen molar-refractivity contribution in [2.45, 2.75) is 51.7 Å². The fourth-order valence-electron chi connectivity index (χ4n) is 3.01. The van der Waals surface area contributed by atoms with Crippen molar-refractivity contribution < 1.29 is 9.53 Å². The molecular weight excluding hydrogens is 312 g/mol. The second-order valence-electron chi connectivity index (χ2n) is 6.37. The van der Waals surface area contributed by atoms with Crippen molar-refractivity contribution >= 4 is 18.3 Å². The number of ether oxygens (including phenoxy) is 1. The highest BCUT2D eigenvalue weighted by Gasteiger charge is 2.31. The van der Waals surface area contributed by atoms with Crippen molar-refractivity contribution in [3.63, 3.8) is 0 Å². The number of nitrogens with zero attached hydrogens (tertiary/aromatic N) is 1. The minimum atomic E-state index is -0.445. The van der Waals surface area contributed by atoms with Gasteiger partial charge in [-0.15, -0.1) is 12.4 Å². The second kappa shape index (κ2) is 9.14. The molecule has 5 heteroatoms. The molecular formula is C18H29ClN2O2. The molecule has 0 bridgehead atoms. The molecule has 0 radical (unpaired) electrons. The third kappa shape index (κ3) is 5.11. The van der Waals surface area contributed by atoms with Gasteiger partial charge in [0.1, 0.15) is 5.75 Å². The summed E-state index contributed by atoms with van der Waals surface area (Å²) in [6, 6.07) is 8.33. The SMILES string of the molecule is CNCC1CCCN1C(=O)C(C)Oc1cccc(C(C)C)c1.Cl. The molecule has 0 spiro atoms. The Balaban J connectivity index is 0.00000264. The lowest BCUT2D eigenvalue weighted by Gasteiger charge is -2.27. The number of carbonyl (C=O) groups excluding carboxylic acids is 1. The molecule has 23 heavy (non-hydrogen) atoms. The van der Waals surface area contributed by atoms with Crippen LogP contribution in [0.1, 0.15) is 45.1 Å². The first-order chi connectivity index (χ1) is 10.5. The van der Waals surface area contributed by atoms with E-state index in [2.05, 4.69) is 25.2 Å². The van der Waals surface area contributed by atoms with E-state index in [1.807, 2.05) is 37.1 Å². The van der Waals surface area contributed by atoms with Gasteiger partial charge >= 0.3 is 0 Å². The first-order valence-corrected chi connectivity index (χ1v) is 8.24. The monoisotopic (exact) mass is 340 g/mol. The Morgan fingerprint density at radius 1 is 1.39 bits per heavy atom. The average molecular weight is 341 g/mol. The summed E-state index contributed by atoms with van der Waals surface area (Å²) >= 11 is 0. The Morgan fingerprint density at radius 3 is 2.78 bits per heavy atom. The molecule has 0 aromatic heterocycles. The average Bonchev–Trinajstić information content (AvgIpc) is 2.95. The van der Waals surface area contributed by atoms with Gasteiger partial charge in [-0.3, -0.25) is 4.79 Å². The molecule has 1 aliphatic heterocycles. The van der Waals surface area contributed by atoms with Gasteiger partial charge in [0.2, 0.25) is 0 Å². The lowest BCUT2D eigenvalue weighted by atomic mass is 10.0. The molecule has 1 amide bonds. The third-order valence-electron chi connectivity index (χ3n) is 4.29. The summed E-state index contributed by atoms with van der Waals surface area (Å²) < 4.78 is 5.89. The summed E-state index contributed by atoms with van der Waals surface area (Å²) in [4.78, 5) is 14.6. The molecule has 2 rings (SSSR count). The maximum absolute atomic E-state index is 12.6. The van der Waals surface area contributed by atoms with Crippen LogP contribution < -0.4 is 10.1 Å². The van der Waals surface area contributed by atoms with Crippen LogP contribution >= 0.6 is 12.4 Å². The Bertz CT molecular complexity index is 508. The fraction of sp³-hybridized carbons (Fsp3) is 0.611. The number of nitrogens with one attached hydrogen (secondary N) is 1. The van der Waals surface area contributed by atoms with Crippen molar-refractivity contribution in [3.8, 4) is 5.75 Å². The maximum atomic E-state index is 12.6. The number of hydrogen-bond donors (Lipinski definition) is 1. The normalized spacial score (nSPS) is 18.7. The minimum Gasteiger partial charge on any atom is -0.481 e. The topological polar surface area (TPSA) is 41.6 Å². The summed E-state index contributed by atoms with van der Waals surface area (Å²) in [6.45, 7) is 7.84. The molecule has 130 valence electrons. The Morgan fingerprint density at radius 2 is 2.13 bits per heavy atom. The summed E-state index contributed by atoms with van der Waals surface area (Å²) in [5.41, 5.74) is 1.23. The van der Waals surface area contributed by atoms with E-state index in [4.69, 9.17) is 4.74 Å². The van der Waals surface area contributed by atoms with Gasteiger partial charge < -0.3 is 15.0 Å². The van der Waals surface area contributed by atoms with E-state index >= 15 is 0 Å². The van der Waals surface area contributed by atoms with E-state index in [0.717, 1.165) is 31.7 Å². The molecule has 1 N–H and O–H groups in total. The Labute approximate surface area is 146 Å². The van der Waals surface area contributed by atoms with Crippen LogP contribution in [0, 0.1) is 0 Å². The van der Waals surface area contributed by atoms with Crippen molar-refractivity contribution in [2.24, 2.45) is 0 Å². The smallest absolute Gasteiger partial charge is 0.263 e. The van der Waals surface area contributed by atoms with Crippen LogP contribution in [0.4, 0.5) is 0 Å². The van der Waals surface area contributed by atoms with Crippen molar-refractivity contribution in [2.75, 3.05) is 20.1 Å². The van der Waals surface area contributed by atoms with E-state index in [9.17, 15) is 4.79 Å². The lowest BCUT2D eigenvalue weighted by Crippen LogP contribution is -2.46. The summed E-state index contributed by atoms with van der Waals surface area (Å²) in [5.74, 6) is 1.32. The van der Waals surface area contributed by atoms with Crippen molar-refractivity contribution in [1.82, 2.24) is 10.2 Å². The zero-order valence-corrected chi connectivity index (χ0v) is 15.4. The van der Waals surface area contributed by atoms with Crippen LogP contribution in [0.25, 0.3) is 0 Å². The van der Waals surface area contributed by atoms with Crippen LogP contribution in [0.2, 0.25) is 0 Å². The van der Waals surface area contributed by atoms with Crippen molar-refractivity contribution in [1.29, 1.82) is 0 Å². The van der Waals surface area contributed by atoms with Crippen LogP contribution in [0.15, 0.2) is 24.3 Å². The second-order valence-corrected chi connectivity index (χ2v) is 6.37. The summed E-state index contributed by atoms with van der Waals surface area (Å²) in [6.07, 6.45) is 1.70. The first-order valence-electron chi connectivity index (χ1n) is 8.24. The minimum absolute atomic E-state index is 0. The van der Waals surface area contributed by atoms with Gasteiger partial charge in [-0.05, 0) is 50.4 Å². The van der Waals surface area contributed by atoms with Gasteiger partial charge in [-0.25, -0.2) is 0 Å². The molecule has 1 aromatic rings. The molecule has 2 atom stereocenters. The van der Waals surface area contributed by atoms with E-state index < -0.39 is 6.10 Å². The number of amides is 1. The quantitative estimate of drug-likeness (QED) is 0.864. The van der Waals surface area contributed by atoms with Gasteiger partial charge in [0.25, 0.3) is 5.91 Å². The van der Waals surface area contributed by atoms with E-state index in [1.54, 1.807) is 0 Å². The third-order valence-corrected chi connectivity index (χ3v) is 4.29. The molecule has 1 aromatic carbocycles. The molecule has 0 aliphatic carbocycles. The molecule has 1 aliphatic rings. The first kappa shape index (κ1) is 19.8. The molecule has 0 saturated carbocycles. The predicted molar refractivity (Wildman–Crippen MR) is 96.5 cm³/mol. The summed E-state index contributed by atoms with van der Waals surface area (Å²) in [5, 5.41) is 3.17. The molecule has 4 nitrogen and oxygen atoms in total. The molecule has 1 heterocycles. The zero-order valence-electron chi connectivity index (χ0n) is 14.5. The molecule has 1 saturated heterocycles.